The van der Waals surface area contributed by atoms with Crippen molar-refractivity contribution in [1.29, 1.82) is 0 Å². The molecule has 1 fully saturated rings. The molecule has 0 bridgehead atoms. The highest BCUT2D eigenvalue weighted by molar-refractivity contribution is 6.35. The minimum atomic E-state index is -0.0503. The van der Waals surface area contributed by atoms with E-state index < -0.39 is 0 Å². The number of imidazole rings is 1. The summed E-state index contributed by atoms with van der Waals surface area (Å²) < 4.78 is 7.94. The number of rotatable bonds is 6. The minimum Gasteiger partial charge on any atom is -0.492 e. The van der Waals surface area contributed by atoms with Crippen molar-refractivity contribution < 1.29 is 9.53 Å². The third kappa shape index (κ3) is 4.19. The van der Waals surface area contributed by atoms with Crippen LogP contribution >= 0.6 is 23.2 Å². The van der Waals surface area contributed by atoms with Crippen LogP contribution in [0.15, 0.2) is 66.7 Å². The molecular formula is C26H23Cl2N3O2. The fourth-order valence-corrected chi connectivity index (χ4v) is 4.93. The van der Waals surface area contributed by atoms with Crippen LogP contribution < -0.4 is 9.64 Å². The lowest BCUT2D eigenvalue weighted by molar-refractivity contribution is -0.117. The lowest BCUT2D eigenvalue weighted by atomic mass is 10.1. The lowest BCUT2D eigenvalue weighted by Gasteiger charge is -2.20. The summed E-state index contributed by atoms with van der Waals surface area (Å²) in [6, 6.07) is 21.2. The summed E-state index contributed by atoms with van der Waals surface area (Å²) in [4.78, 5) is 19.8. The van der Waals surface area contributed by atoms with Gasteiger partial charge in [0.2, 0.25) is 5.91 Å². The van der Waals surface area contributed by atoms with Crippen molar-refractivity contribution in [2.24, 2.45) is 0 Å². The van der Waals surface area contributed by atoms with E-state index in [0.717, 1.165) is 33.9 Å². The molecule has 2 heterocycles. The lowest BCUT2D eigenvalue weighted by Crippen LogP contribution is -2.25. The van der Waals surface area contributed by atoms with Gasteiger partial charge in [-0.25, -0.2) is 4.98 Å². The molecule has 5 rings (SSSR count). The van der Waals surface area contributed by atoms with Gasteiger partial charge in [-0.05, 0) is 48.9 Å². The van der Waals surface area contributed by atoms with Crippen molar-refractivity contribution in [3.05, 3.63) is 88.2 Å². The van der Waals surface area contributed by atoms with Crippen molar-refractivity contribution in [3.63, 3.8) is 0 Å². The normalized spacial score (nSPS) is 16.0. The summed E-state index contributed by atoms with van der Waals surface area (Å²) in [7, 11) is 0. The third-order valence-electron chi connectivity index (χ3n) is 5.97. The van der Waals surface area contributed by atoms with Gasteiger partial charge in [0, 0.05) is 28.9 Å². The molecule has 7 heteroatoms. The van der Waals surface area contributed by atoms with Crippen molar-refractivity contribution in [3.8, 4) is 5.75 Å². The van der Waals surface area contributed by atoms with E-state index in [-0.39, 0.29) is 11.8 Å². The maximum Gasteiger partial charge on any atom is 0.227 e. The van der Waals surface area contributed by atoms with Crippen LogP contribution in [0.5, 0.6) is 5.75 Å². The van der Waals surface area contributed by atoms with E-state index in [0.29, 0.717) is 36.2 Å². The van der Waals surface area contributed by atoms with Crippen LogP contribution in [0.1, 0.15) is 30.7 Å². The van der Waals surface area contributed by atoms with Gasteiger partial charge in [0.1, 0.15) is 11.6 Å². The molecule has 0 radical (unpaired) electrons. The Balaban J connectivity index is 1.53. The van der Waals surface area contributed by atoms with Crippen LogP contribution in [0.3, 0.4) is 0 Å². The molecule has 1 atom stereocenters. The number of hydrogen-bond donors (Lipinski definition) is 0. The first-order chi connectivity index (χ1) is 16.0. The Labute approximate surface area is 202 Å². The first kappa shape index (κ1) is 21.8. The minimum absolute atomic E-state index is 0.0503. The summed E-state index contributed by atoms with van der Waals surface area (Å²) in [6.45, 7) is 3.57. The van der Waals surface area contributed by atoms with E-state index in [1.807, 2.05) is 66.4 Å². The summed E-state index contributed by atoms with van der Waals surface area (Å²) in [5, 5.41) is 1.21. The van der Waals surface area contributed by atoms with E-state index in [2.05, 4.69) is 10.6 Å². The number of hydrogen-bond acceptors (Lipinski definition) is 3. The van der Waals surface area contributed by atoms with Crippen LogP contribution in [0, 0.1) is 0 Å². The van der Waals surface area contributed by atoms with Gasteiger partial charge < -0.3 is 14.2 Å². The van der Waals surface area contributed by atoms with Crippen molar-refractivity contribution >= 4 is 45.8 Å². The molecule has 0 N–H and O–H groups in total. The molecule has 1 saturated heterocycles. The van der Waals surface area contributed by atoms with Crippen LogP contribution in [0.25, 0.3) is 11.0 Å². The molecule has 1 aromatic heterocycles. The summed E-state index contributed by atoms with van der Waals surface area (Å²) in [5.74, 6) is 1.61. The standard InChI is InChI=1S/C26H23Cl2N3O2/c1-2-33-24-10-6-5-9-23(24)30-16-18(13-25(30)32)26-29-21-7-3-4-8-22(21)31(26)15-17-11-12-19(27)14-20(17)28/h3-12,14,18H,2,13,15-16H2,1H3. The maximum absolute atomic E-state index is 13.1. The number of halogens is 2. The predicted molar refractivity (Wildman–Crippen MR) is 133 cm³/mol. The second-order valence-corrected chi connectivity index (χ2v) is 8.93. The Morgan fingerprint density at radius 2 is 1.85 bits per heavy atom. The predicted octanol–water partition coefficient (Wildman–Crippen LogP) is 6.31. The van der Waals surface area contributed by atoms with Gasteiger partial charge in [0.25, 0.3) is 0 Å². The van der Waals surface area contributed by atoms with Gasteiger partial charge in [-0.15, -0.1) is 0 Å². The monoisotopic (exact) mass is 479 g/mol. The zero-order valence-electron chi connectivity index (χ0n) is 18.2. The number of anilines is 1. The van der Waals surface area contributed by atoms with Crippen molar-refractivity contribution in [2.45, 2.75) is 25.8 Å². The fraction of sp³-hybridized carbons (Fsp3) is 0.231. The molecular weight excluding hydrogens is 457 g/mol. The zero-order chi connectivity index (χ0) is 22.9. The number of fused-ring (bicyclic) bond motifs is 1. The second-order valence-electron chi connectivity index (χ2n) is 8.09. The number of carbonyl (C=O) groups excluding carboxylic acids is 1. The number of nitrogens with zero attached hydrogens (tertiary/aromatic N) is 3. The van der Waals surface area contributed by atoms with E-state index in [1.165, 1.54) is 0 Å². The van der Waals surface area contributed by atoms with Crippen molar-refractivity contribution in [1.82, 2.24) is 9.55 Å². The first-order valence-electron chi connectivity index (χ1n) is 11.0. The molecule has 168 valence electrons. The average Bonchev–Trinajstić information content (AvgIpc) is 3.37. The third-order valence-corrected chi connectivity index (χ3v) is 6.56. The Kier molecular flexibility index (Phi) is 6.00. The number of aromatic nitrogens is 2. The van der Waals surface area contributed by atoms with Gasteiger partial charge in [-0.2, -0.15) is 0 Å². The topological polar surface area (TPSA) is 47.4 Å². The van der Waals surface area contributed by atoms with E-state index in [4.69, 9.17) is 32.9 Å². The molecule has 3 aromatic carbocycles. The van der Waals surface area contributed by atoms with Gasteiger partial charge >= 0.3 is 0 Å². The number of benzene rings is 3. The van der Waals surface area contributed by atoms with Crippen LogP contribution in [-0.2, 0) is 11.3 Å². The van der Waals surface area contributed by atoms with E-state index in [1.54, 1.807) is 6.07 Å². The summed E-state index contributed by atoms with van der Waals surface area (Å²) in [5.41, 5.74) is 3.67. The maximum atomic E-state index is 13.1. The average molecular weight is 480 g/mol. The molecule has 1 amide bonds. The molecule has 4 aromatic rings. The Hall–Kier alpha value is -3.02. The number of para-hydroxylation sites is 4. The summed E-state index contributed by atoms with van der Waals surface area (Å²) >= 11 is 12.6. The Morgan fingerprint density at radius 3 is 2.67 bits per heavy atom. The molecule has 0 aliphatic carbocycles. The largest absolute Gasteiger partial charge is 0.492 e. The van der Waals surface area contributed by atoms with E-state index in [9.17, 15) is 4.79 Å². The molecule has 1 unspecified atom stereocenters. The quantitative estimate of drug-likeness (QED) is 0.325. The smallest absolute Gasteiger partial charge is 0.227 e. The Morgan fingerprint density at radius 1 is 1.06 bits per heavy atom. The SMILES string of the molecule is CCOc1ccccc1N1CC(c2nc3ccccc3n2Cc2ccc(Cl)cc2Cl)CC1=O. The zero-order valence-corrected chi connectivity index (χ0v) is 19.7. The van der Waals surface area contributed by atoms with Crippen molar-refractivity contribution in [2.75, 3.05) is 18.1 Å². The number of ether oxygens (including phenoxy) is 1. The number of amides is 1. The Bertz CT molecular complexity index is 1330. The summed E-state index contributed by atoms with van der Waals surface area (Å²) in [6.07, 6.45) is 0.387. The fourth-order valence-electron chi connectivity index (χ4n) is 4.46. The van der Waals surface area contributed by atoms with Gasteiger partial charge in [0.05, 0.1) is 29.9 Å². The van der Waals surface area contributed by atoms with Crippen LogP contribution in [0.4, 0.5) is 5.69 Å². The molecule has 33 heavy (non-hydrogen) atoms. The number of carbonyl (C=O) groups is 1. The highest BCUT2D eigenvalue weighted by Gasteiger charge is 2.36. The van der Waals surface area contributed by atoms with Gasteiger partial charge in [0.15, 0.2) is 0 Å². The molecule has 1 aliphatic heterocycles. The molecule has 0 spiro atoms. The highest BCUT2D eigenvalue weighted by atomic mass is 35.5. The molecule has 5 nitrogen and oxygen atoms in total. The second kappa shape index (κ2) is 9.08. The first-order valence-corrected chi connectivity index (χ1v) is 11.7. The molecule has 0 saturated carbocycles. The van der Waals surface area contributed by atoms with Gasteiger partial charge in [-0.3, -0.25) is 4.79 Å². The highest BCUT2D eigenvalue weighted by Crippen LogP contribution is 2.37. The van der Waals surface area contributed by atoms with Crippen LogP contribution in [-0.4, -0.2) is 28.6 Å². The van der Waals surface area contributed by atoms with E-state index >= 15 is 0 Å². The molecule has 1 aliphatic rings. The van der Waals surface area contributed by atoms with Gasteiger partial charge in [-0.1, -0.05) is 53.5 Å². The van der Waals surface area contributed by atoms with Crippen LogP contribution in [0.2, 0.25) is 10.0 Å².